The average Bonchev–Trinajstić information content (AvgIpc) is 2.27. The monoisotopic (exact) mass is 220 g/mol. The summed E-state index contributed by atoms with van der Waals surface area (Å²) in [5.74, 6) is -0.134. The predicted molar refractivity (Wildman–Crippen MR) is 65.2 cm³/mol. The molecule has 0 aliphatic carbocycles. The lowest BCUT2D eigenvalue weighted by atomic mass is 10.1. The van der Waals surface area contributed by atoms with Crippen LogP contribution in [0.25, 0.3) is 0 Å². The van der Waals surface area contributed by atoms with Gasteiger partial charge in [-0.3, -0.25) is 4.79 Å². The summed E-state index contributed by atoms with van der Waals surface area (Å²) in [6, 6.07) is 9.94. The molecule has 2 nitrogen and oxygen atoms in total. The van der Waals surface area contributed by atoms with Gasteiger partial charge in [0.25, 0.3) is 0 Å². The quantitative estimate of drug-likeness (QED) is 0.418. The highest BCUT2D eigenvalue weighted by Crippen LogP contribution is 2.04. The van der Waals surface area contributed by atoms with Crippen molar-refractivity contribution in [1.29, 1.82) is 0 Å². The van der Waals surface area contributed by atoms with Crippen LogP contribution in [-0.2, 0) is 16.0 Å². The minimum atomic E-state index is -0.134. The maximum Gasteiger partial charge on any atom is 0.306 e. The number of benzene rings is 1. The van der Waals surface area contributed by atoms with Gasteiger partial charge in [-0.25, -0.2) is 0 Å². The van der Waals surface area contributed by atoms with Crippen molar-refractivity contribution in [3.63, 3.8) is 0 Å². The Hall–Kier alpha value is -1.57. The molecule has 1 aromatic rings. The second-order valence-electron chi connectivity index (χ2n) is 3.91. The first kappa shape index (κ1) is 12.5. The highest BCUT2D eigenvalue weighted by molar-refractivity contribution is 5.69. The zero-order valence-electron chi connectivity index (χ0n) is 9.74. The van der Waals surface area contributed by atoms with Crippen LogP contribution in [0, 0.1) is 0 Å². The van der Waals surface area contributed by atoms with E-state index in [1.54, 1.807) is 0 Å². The summed E-state index contributed by atoms with van der Waals surface area (Å²) < 4.78 is 5.07. The third kappa shape index (κ3) is 5.35. The third-order valence-corrected chi connectivity index (χ3v) is 2.25. The van der Waals surface area contributed by atoms with E-state index in [4.69, 9.17) is 4.74 Å². The Morgan fingerprint density at radius 2 is 1.94 bits per heavy atom. The van der Waals surface area contributed by atoms with Crippen LogP contribution >= 0.6 is 0 Å². The summed E-state index contributed by atoms with van der Waals surface area (Å²) in [6.07, 6.45) is 1.93. The van der Waals surface area contributed by atoms with E-state index in [1.165, 1.54) is 5.56 Å². The Kier molecular flexibility index (Phi) is 5.34. The smallest absolute Gasteiger partial charge is 0.306 e. The SMILES string of the molecule is C=C(C)CCOC(=[18O])CCc1ccccc1. The maximum atomic E-state index is 11.3. The molecule has 0 fully saturated rings. The van der Waals surface area contributed by atoms with Gasteiger partial charge in [-0.15, -0.1) is 6.58 Å². The fourth-order valence-electron chi connectivity index (χ4n) is 1.30. The van der Waals surface area contributed by atoms with Crippen LogP contribution in [0.5, 0.6) is 0 Å². The summed E-state index contributed by atoms with van der Waals surface area (Å²) in [7, 11) is 0. The molecular formula is C14H18O2. The Morgan fingerprint density at radius 3 is 2.56 bits per heavy atom. The summed E-state index contributed by atoms with van der Waals surface area (Å²) in [4.78, 5) is 11.3. The molecule has 0 unspecified atom stereocenters. The zero-order valence-corrected chi connectivity index (χ0v) is 9.74. The van der Waals surface area contributed by atoms with E-state index < -0.39 is 0 Å². The average molecular weight is 220 g/mol. The lowest BCUT2D eigenvalue weighted by molar-refractivity contribution is -0.143. The van der Waals surface area contributed by atoms with E-state index in [9.17, 15) is 4.79 Å². The molecule has 0 amide bonds. The van der Waals surface area contributed by atoms with Gasteiger partial charge in [0.15, 0.2) is 0 Å². The van der Waals surface area contributed by atoms with Crippen LogP contribution in [0.15, 0.2) is 42.5 Å². The van der Waals surface area contributed by atoms with E-state index >= 15 is 0 Å². The van der Waals surface area contributed by atoms with Crippen molar-refractivity contribution in [3.8, 4) is 0 Å². The molecule has 86 valence electrons. The molecule has 0 aliphatic rings. The van der Waals surface area contributed by atoms with Crippen LogP contribution in [0.2, 0.25) is 0 Å². The molecule has 0 aromatic heterocycles. The molecule has 0 heterocycles. The first-order chi connectivity index (χ1) is 7.68. The van der Waals surface area contributed by atoms with E-state index in [0.717, 1.165) is 18.4 Å². The molecule has 16 heavy (non-hydrogen) atoms. The van der Waals surface area contributed by atoms with Gasteiger partial charge in [-0.1, -0.05) is 35.9 Å². The van der Waals surface area contributed by atoms with Crippen LogP contribution in [0.1, 0.15) is 25.3 Å². The summed E-state index contributed by atoms with van der Waals surface area (Å²) in [6.45, 7) is 6.13. The maximum absolute atomic E-state index is 11.3. The second kappa shape index (κ2) is 6.83. The summed E-state index contributed by atoms with van der Waals surface area (Å²) >= 11 is 0. The van der Waals surface area contributed by atoms with Crippen molar-refractivity contribution < 1.29 is 9.53 Å². The third-order valence-electron chi connectivity index (χ3n) is 2.25. The van der Waals surface area contributed by atoms with E-state index in [-0.39, 0.29) is 5.97 Å². The molecule has 0 aliphatic heterocycles. The van der Waals surface area contributed by atoms with Crippen LogP contribution in [0.4, 0.5) is 0 Å². The Morgan fingerprint density at radius 1 is 1.25 bits per heavy atom. The second-order valence-corrected chi connectivity index (χ2v) is 3.91. The Balaban J connectivity index is 2.18. The topological polar surface area (TPSA) is 26.3 Å². The summed E-state index contributed by atoms with van der Waals surface area (Å²) in [5.41, 5.74) is 2.20. The first-order valence-electron chi connectivity index (χ1n) is 5.52. The van der Waals surface area contributed by atoms with Crippen molar-refractivity contribution in [1.82, 2.24) is 0 Å². The van der Waals surface area contributed by atoms with Gasteiger partial charge in [-0.2, -0.15) is 0 Å². The molecule has 0 atom stereocenters. The van der Waals surface area contributed by atoms with Crippen molar-refractivity contribution in [2.45, 2.75) is 26.2 Å². The fourth-order valence-corrected chi connectivity index (χ4v) is 1.30. The van der Waals surface area contributed by atoms with Gasteiger partial charge < -0.3 is 4.74 Å². The number of aryl methyl sites for hydroxylation is 1. The van der Waals surface area contributed by atoms with E-state index in [0.29, 0.717) is 13.0 Å². The number of hydrogen-bond acceptors (Lipinski definition) is 2. The number of carbonyl (C=O) groups excluding carboxylic acids is 1. The van der Waals surface area contributed by atoms with Gasteiger partial charge in [0.2, 0.25) is 0 Å². The Bertz CT molecular complexity index is 341. The zero-order chi connectivity index (χ0) is 11.8. The molecule has 1 rings (SSSR count). The van der Waals surface area contributed by atoms with Crippen molar-refractivity contribution in [3.05, 3.63) is 48.0 Å². The predicted octanol–water partition coefficient (Wildman–Crippen LogP) is 3.13. The van der Waals surface area contributed by atoms with Gasteiger partial charge in [0.1, 0.15) is 0 Å². The lowest BCUT2D eigenvalue weighted by Crippen LogP contribution is -2.07. The molecule has 0 bridgehead atoms. The fraction of sp³-hybridized carbons (Fsp3) is 0.357. The van der Waals surface area contributed by atoms with Crippen molar-refractivity contribution in [2.24, 2.45) is 0 Å². The van der Waals surface area contributed by atoms with Crippen LogP contribution < -0.4 is 0 Å². The standard InChI is InChI=1S/C14H18O2/c1-12(2)10-11-16-14(15)9-8-13-6-4-3-5-7-13/h3-7H,1,8-11H2,2H3/i15+2. The van der Waals surface area contributed by atoms with E-state index in [1.807, 2.05) is 37.3 Å². The van der Waals surface area contributed by atoms with Crippen molar-refractivity contribution in [2.75, 3.05) is 6.61 Å². The molecule has 0 N–H and O–H groups in total. The minimum absolute atomic E-state index is 0.134. The van der Waals surface area contributed by atoms with Gasteiger partial charge >= 0.3 is 5.97 Å². The molecule has 0 radical (unpaired) electrons. The molecule has 0 saturated carbocycles. The van der Waals surface area contributed by atoms with Crippen molar-refractivity contribution >= 4 is 5.97 Å². The first-order valence-corrected chi connectivity index (χ1v) is 5.52. The number of rotatable bonds is 6. The highest BCUT2D eigenvalue weighted by Gasteiger charge is 2.02. The van der Waals surface area contributed by atoms with E-state index in [2.05, 4.69) is 6.58 Å². The van der Waals surface area contributed by atoms with Crippen LogP contribution in [0.3, 0.4) is 0 Å². The highest BCUT2D eigenvalue weighted by atomic mass is 18.1. The number of ether oxygens (including phenoxy) is 1. The number of esters is 1. The number of carbonyl (C=O) groups is 1. The largest absolute Gasteiger partial charge is 0.465 e. The van der Waals surface area contributed by atoms with Gasteiger partial charge in [0.05, 0.1) is 6.61 Å². The molecule has 1 aromatic carbocycles. The molecular weight excluding hydrogens is 202 g/mol. The normalized spacial score (nSPS) is 9.81. The van der Waals surface area contributed by atoms with Gasteiger partial charge in [-0.05, 0) is 18.9 Å². The lowest BCUT2D eigenvalue weighted by Gasteiger charge is -2.04. The molecule has 2 heteroatoms. The molecule has 0 saturated heterocycles. The minimum Gasteiger partial charge on any atom is -0.465 e. The molecule has 0 spiro atoms. The summed E-state index contributed by atoms with van der Waals surface area (Å²) in [5, 5.41) is 0. The Labute approximate surface area is 96.9 Å². The number of hydrogen-bond donors (Lipinski definition) is 0. The van der Waals surface area contributed by atoms with Gasteiger partial charge in [0, 0.05) is 12.8 Å². The van der Waals surface area contributed by atoms with Crippen LogP contribution in [-0.4, -0.2) is 12.6 Å².